The molecule has 0 amide bonds. The lowest BCUT2D eigenvalue weighted by Crippen LogP contribution is -2.15. The molecule has 1 heterocycles. The van der Waals surface area contributed by atoms with Crippen molar-refractivity contribution in [3.05, 3.63) is 10.7 Å². The van der Waals surface area contributed by atoms with Gasteiger partial charge in [0.1, 0.15) is 5.82 Å². The maximum atomic E-state index is 5.51. The SMILES string of the molecule is CSCC(C)CNc1nc(N)ncc1Br. The summed E-state index contributed by atoms with van der Waals surface area (Å²) in [6.07, 6.45) is 3.76. The molecule has 0 aliphatic heterocycles. The molecule has 15 heavy (non-hydrogen) atoms. The van der Waals surface area contributed by atoms with Crippen LogP contribution in [0.25, 0.3) is 0 Å². The van der Waals surface area contributed by atoms with Gasteiger partial charge >= 0.3 is 0 Å². The quantitative estimate of drug-likeness (QED) is 0.871. The highest BCUT2D eigenvalue weighted by Gasteiger charge is 2.05. The number of hydrogen-bond acceptors (Lipinski definition) is 5. The molecule has 0 saturated carbocycles. The number of aromatic nitrogens is 2. The summed E-state index contributed by atoms with van der Waals surface area (Å²) < 4.78 is 0.841. The molecule has 0 bridgehead atoms. The van der Waals surface area contributed by atoms with Crippen molar-refractivity contribution in [3.63, 3.8) is 0 Å². The summed E-state index contributed by atoms with van der Waals surface area (Å²) in [5.74, 6) is 2.78. The number of thioether (sulfide) groups is 1. The van der Waals surface area contributed by atoms with Gasteiger partial charge in [0.15, 0.2) is 0 Å². The zero-order valence-electron chi connectivity index (χ0n) is 8.83. The Kier molecular flexibility index (Phi) is 5.17. The van der Waals surface area contributed by atoms with Crippen LogP contribution in [0.2, 0.25) is 0 Å². The molecule has 0 spiro atoms. The van der Waals surface area contributed by atoms with Gasteiger partial charge in [0.05, 0.1) is 4.47 Å². The van der Waals surface area contributed by atoms with E-state index in [1.54, 1.807) is 6.20 Å². The van der Waals surface area contributed by atoms with Gasteiger partial charge in [0.25, 0.3) is 0 Å². The first kappa shape index (κ1) is 12.6. The molecule has 1 aromatic rings. The van der Waals surface area contributed by atoms with Gasteiger partial charge in [-0.15, -0.1) is 0 Å². The van der Waals surface area contributed by atoms with Crippen LogP contribution in [0.3, 0.4) is 0 Å². The minimum Gasteiger partial charge on any atom is -0.369 e. The van der Waals surface area contributed by atoms with Crippen LogP contribution in [0.1, 0.15) is 6.92 Å². The number of anilines is 2. The van der Waals surface area contributed by atoms with Crippen LogP contribution in [-0.2, 0) is 0 Å². The van der Waals surface area contributed by atoms with Crippen LogP contribution in [-0.4, -0.2) is 28.5 Å². The molecule has 6 heteroatoms. The van der Waals surface area contributed by atoms with Gasteiger partial charge in [-0.1, -0.05) is 6.92 Å². The molecule has 1 aromatic heterocycles. The first-order valence-electron chi connectivity index (χ1n) is 4.64. The zero-order valence-corrected chi connectivity index (χ0v) is 11.2. The van der Waals surface area contributed by atoms with E-state index in [1.807, 2.05) is 11.8 Å². The Balaban J connectivity index is 2.53. The van der Waals surface area contributed by atoms with Crippen LogP contribution >= 0.6 is 27.7 Å². The second kappa shape index (κ2) is 6.17. The molecule has 0 fully saturated rings. The van der Waals surface area contributed by atoms with E-state index in [4.69, 9.17) is 5.73 Å². The van der Waals surface area contributed by atoms with Gasteiger partial charge < -0.3 is 11.1 Å². The Bertz CT molecular complexity index is 321. The molecule has 3 N–H and O–H groups in total. The maximum absolute atomic E-state index is 5.51. The van der Waals surface area contributed by atoms with Crippen LogP contribution in [0.4, 0.5) is 11.8 Å². The van der Waals surface area contributed by atoms with Crippen LogP contribution < -0.4 is 11.1 Å². The fraction of sp³-hybridized carbons (Fsp3) is 0.556. The number of halogens is 1. The predicted octanol–water partition coefficient (Wildman–Crippen LogP) is 2.23. The second-order valence-corrected chi connectivity index (χ2v) is 5.13. The van der Waals surface area contributed by atoms with E-state index in [1.165, 1.54) is 0 Å². The average Bonchev–Trinajstić information content (AvgIpc) is 2.20. The molecule has 1 unspecified atom stereocenters. The molecule has 4 nitrogen and oxygen atoms in total. The summed E-state index contributed by atoms with van der Waals surface area (Å²) in [6, 6.07) is 0. The fourth-order valence-electron chi connectivity index (χ4n) is 1.12. The summed E-state index contributed by atoms with van der Waals surface area (Å²) in [4.78, 5) is 7.99. The highest BCUT2D eigenvalue weighted by molar-refractivity contribution is 9.10. The number of nitrogens with two attached hydrogens (primary N) is 1. The standard InChI is InChI=1S/C9H15BrN4S/c1-6(5-15-2)3-12-8-7(10)4-13-9(11)14-8/h4,6H,3,5H2,1-2H3,(H3,11,12,13,14). The van der Waals surface area contributed by atoms with Gasteiger partial charge in [-0.2, -0.15) is 16.7 Å². The van der Waals surface area contributed by atoms with Crippen LogP contribution in [0, 0.1) is 5.92 Å². The molecule has 84 valence electrons. The first-order chi connectivity index (χ1) is 7.13. The molecular weight excluding hydrogens is 276 g/mol. The minimum atomic E-state index is 0.290. The summed E-state index contributed by atoms with van der Waals surface area (Å²) in [5, 5.41) is 3.25. The summed E-state index contributed by atoms with van der Waals surface area (Å²) in [7, 11) is 0. The molecule has 1 atom stereocenters. The Morgan fingerprint density at radius 1 is 1.67 bits per heavy atom. The van der Waals surface area contributed by atoms with Gasteiger partial charge in [-0.25, -0.2) is 4.98 Å². The summed E-state index contributed by atoms with van der Waals surface area (Å²) >= 11 is 5.21. The molecule has 1 rings (SSSR count). The molecule has 0 aliphatic carbocycles. The van der Waals surface area contributed by atoms with Gasteiger partial charge in [0, 0.05) is 12.7 Å². The third-order valence-corrected chi connectivity index (χ3v) is 3.31. The molecular formula is C9H15BrN4S. The molecule has 0 aliphatic rings. The van der Waals surface area contributed by atoms with E-state index < -0.39 is 0 Å². The Labute approximate surface area is 103 Å². The van der Waals surface area contributed by atoms with Crippen molar-refractivity contribution >= 4 is 39.5 Å². The maximum Gasteiger partial charge on any atom is 0.221 e. The fourth-order valence-corrected chi connectivity index (χ4v) is 2.14. The number of nitrogens with zero attached hydrogens (tertiary/aromatic N) is 2. The topological polar surface area (TPSA) is 63.8 Å². The molecule has 0 aromatic carbocycles. The monoisotopic (exact) mass is 290 g/mol. The highest BCUT2D eigenvalue weighted by atomic mass is 79.9. The number of nitrogen functional groups attached to an aromatic ring is 1. The van der Waals surface area contributed by atoms with E-state index in [0.717, 1.165) is 22.6 Å². The Morgan fingerprint density at radius 2 is 2.40 bits per heavy atom. The van der Waals surface area contributed by atoms with Crippen molar-refractivity contribution in [2.75, 3.05) is 29.6 Å². The summed E-state index contributed by atoms with van der Waals surface area (Å²) in [6.45, 7) is 3.08. The van der Waals surface area contributed by atoms with Crippen molar-refractivity contribution in [1.82, 2.24) is 9.97 Å². The number of rotatable bonds is 5. The lowest BCUT2D eigenvalue weighted by molar-refractivity contribution is 0.699. The van der Waals surface area contributed by atoms with E-state index in [0.29, 0.717) is 11.9 Å². The van der Waals surface area contributed by atoms with E-state index in [2.05, 4.69) is 44.4 Å². The smallest absolute Gasteiger partial charge is 0.221 e. The lowest BCUT2D eigenvalue weighted by atomic mass is 10.2. The zero-order chi connectivity index (χ0) is 11.3. The third-order valence-electron chi connectivity index (χ3n) is 1.83. The van der Waals surface area contributed by atoms with E-state index in [-0.39, 0.29) is 0 Å². The normalized spacial score (nSPS) is 12.5. The van der Waals surface area contributed by atoms with Crippen molar-refractivity contribution < 1.29 is 0 Å². The average molecular weight is 291 g/mol. The summed E-state index contributed by atoms with van der Waals surface area (Å²) in [5.41, 5.74) is 5.51. The van der Waals surface area contributed by atoms with Gasteiger partial charge in [-0.3, -0.25) is 0 Å². The van der Waals surface area contributed by atoms with Crippen molar-refractivity contribution in [3.8, 4) is 0 Å². The molecule has 0 saturated heterocycles. The van der Waals surface area contributed by atoms with E-state index in [9.17, 15) is 0 Å². The first-order valence-corrected chi connectivity index (χ1v) is 6.83. The predicted molar refractivity (Wildman–Crippen MR) is 70.2 cm³/mol. The Hall–Kier alpha value is -0.490. The third kappa shape index (κ3) is 4.25. The van der Waals surface area contributed by atoms with Gasteiger partial charge in [0.2, 0.25) is 5.95 Å². The molecule has 0 radical (unpaired) electrons. The van der Waals surface area contributed by atoms with Crippen molar-refractivity contribution in [2.45, 2.75) is 6.92 Å². The number of nitrogens with one attached hydrogen (secondary N) is 1. The second-order valence-electron chi connectivity index (χ2n) is 3.37. The van der Waals surface area contributed by atoms with E-state index >= 15 is 0 Å². The Morgan fingerprint density at radius 3 is 3.07 bits per heavy atom. The largest absolute Gasteiger partial charge is 0.369 e. The minimum absolute atomic E-state index is 0.290. The van der Waals surface area contributed by atoms with Crippen molar-refractivity contribution in [1.29, 1.82) is 0 Å². The number of hydrogen-bond donors (Lipinski definition) is 2. The van der Waals surface area contributed by atoms with Crippen molar-refractivity contribution in [2.24, 2.45) is 5.92 Å². The van der Waals surface area contributed by atoms with Gasteiger partial charge in [-0.05, 0) is 33.9 Å². The highest BCUT2D eigenvalue weighted by Crippen LogP contribution is 2.19. The lowest BCUT2D eigenvalue weighted by Gasteiger charge is -2.12. The van der Waals surface area contributed by atoms with Crippen LogP contribution in [0.15, 0.2) is 10.7 Å². The van der Waals surface area contributed by atoms with Crippen LogP contribution in [0.5, 0.6) is 0 Å².